The number of carbonyl (C=O) groups excluding carboxylic acids is 2. The van der Waals surface area contributed by atoms with Gasteiger partial charge in [0.15, 0.2) is 0 Å². The maximum absolute atomic E-state index is 14.0. The van der Waals surface area contributed by atoms with Crippen molar-refractivity contribution in [1.29, 1.82) is 0 Å². The quantitative estimate of drug-likeness (QED) is 0.279. The van der Waals surface area contributed by atoms with Gasteiger partial charge in [-0.3, -0.25) is 13.9 Å². The van der Waals surface area contributed by atoms with Crippen LogP contribution >= 0.6 is 11.6 Å². The van der Waals surface area contributed by atoms with Gasteiger partial charge in [-0.2, -0.15) is 13.2 Å². The van der Waals surface area contributed by atoms with Crippen LogP contribution in [0.1, 0.15) is 50.2 Å². The van der Waals surface area contributed by atoms with E-state index in [1.807, 2.05) is 0 Å². The number of anilines is 1. The molecule has 0 heterocycles. The molecule has 1 saturated carbocycles. The normalized spacial score (nSPS) is 15.0. The number of sulfonamides is 1. The molecule has 0 unspecified atom stereocenters. The first-order valence-corrected chi connectivity index (χ1v) is 15.8. The number of alkyl halides is 3. The van der Waals surface area contributed by atoms with Gasteiger partial charge >= 0.3 is 6.18 Å². The van der Waals surface area contributed by atoms with Gasteiger partial charge in [0, 0.05) is 17.6 Å². The predicted molar refractivity (Wildman–Crippen MR) is 159 cm³/mol. The predicted octanol–water partition coefficient (Wildman–Crippen LogP) is 6.42. The summed E-state index contributed by atoms with van der Waals surface area (Å²) in [5, 5.41) is 3.47. The number of nitrogens with zero attached hydrogens (tertiary/aromatic N) is 2. The van der Waals surface area contributed by atoms with E-state index >= 15 is 0 Å². The summed E-state index contributed by atoms with van der Waals surface area (Å²) in [6.07, 6.45) is -0.0462. The molecule has 43 heavy (non-hydrogen) atoms. The molecule has 1 fully saturated rings. The van der Waals surface area contributed by atoms with E-state index in [0.29, 0.717) is 21.0 Å². The van der Waals surface area contributed by atoms with Gasteiger partial charge < -0.3 is 10.2 Å². The zero-order valence-corrected chi connectivity index (χ0v) is 25.1. The van der Waals surface area contributed by atoms with Crippen LogP contribution in [-0.2, 0) is 32.3 Å². The molecule has 3 aromatic rings. The molecule has 0 spiro atoms. The van der Waals surface area contributed by atoms with E-state index in [2.05, 4.69) is 5.32 Å². The molecule has 1 N–H and O–H groups in total. The molecule has 2 amide bonds. The summed E-state index contributed by atoms with van der Waals surface area (Å²) in [5.41, 5.74) is -0.770. The fourth-order valence-electron chi connectivity index (χ4n) is 5.02. The van der Waals surface area contributed by atoms with Crippen molar-refractivity contribution < 1.29 is 31.2 Å². The molecule has 1 aliphatic carbocycles. The fraction of sp³-hybridized carbons (Fsp3) is 0.355. The molecule has 1 aliphatic rings. The van der Waals surface area contributed by atoms with Crippen LogP contribution in [0.4, 0.5) is 18.9 Å². The van der Waals surface area contributed by atoms with Crippen LogP contribution in [0.3, 0.4) is 0 Å². The molecular weight excluding hydrogens is 603 g/mol. The minimum atomic E-state index is -4.74. The summed E-state index contributed by atoms with van der Waals surface area (Å²) in [7, 11) is -4.49. The third-order valence-corrected chi connectivity index (χ3v) is 9.50. The summed E-state index contributed by atoms with van der Waals surface area (Å²) < 4.78 is 69.0. The zero-order chi connectivity index (χ0) is 31.2. The van der Waals surface area contributed by atoms with Crippen molar-refractivity contribution in [2.45, 2.75) is 68.7 Å². The Morgan fingerprint density at radius 2 is 1.60 bits per heavy atom. The van der Waals surface area contributed by atoms with E-state index in [-0.39, 0.29) is 23.2 Å². The molecule has 0 radical (unpaired) electrons. The second-order valence-electron chi connectivity index (χ2n) is 10.5. The van der Waals surface area contributed by atoms with Gasteiger partial charge in [0.05, 0.1) is 16.1 Å². The van der Waals surface area contributed by atoms with Crippen LogP contribution in [0.15, 0.2) is 83.8 Å². The van der Waals surface area contributed by atoms with Gasteiger partial charge in [0.2, 0.25) is 11.8 Å². The van der Waals surface area contributed by atoms with E-state index in [9.17, 15) is 31.2 Å². The third-order valence-electron chi connectivity index (χ3n) is 7.46. The van der Waals surface area contributed by atoms with Crippen molar-refractivity contribution >= 4 is 39.1 Å². The van der Waals surface area contributed by atoms with Crippen LogP contribution < -0.4 is 9.62 Å². The maximum Gasteiger partial charge on any atom is 0.416 e. The lowest BCUT2D eigenvalue weighted by molar-refractivity contribution is -0.139. The SMILES string of the molecule is C[C@H](C(=O)NC1CCCCC1)N(Cc1ccc(Cl)cc1)C(=O)CN(c1cccc(C(F)(F)F)c1)S(=O)(=O)c1ccccc1. The number of hydrogen-bond donors (Lipinski definition) is 1. The standard InChI is InChI=1S/C31H33ClF3N3O4S/c1-22(30(40)36-26-10-4-2-5-11-26)37(20-23-15-17-25(32)18-16-23)29(39)21-38(43(41,42)28-13-6-3-7-14-28)27-12-8-9-24(19-27)31(33,34)35/h3,6-9,12-19,22,26H,2,4-5,10-11,20-21H2,1H3,(H,36,40)/t22-/m1/s1. The first kappa shape index (κ1) is 32.3. The summed E-state index contributed by atoms with van der Waals surface area (Å²) in [6, 6.07) is 16.5. The van der Waals surface area contributed by atoms with E-state index in [0.717, 1.165) is 44.2 Å². The third kappa shape index (κ3) is 8.29. The summed E-state index contributed by atoms with van der Waals surface area (Å²) in [6.45, 7) is 0.649. The van der Waals surface area contributed by atoms with E-state index in [1.54, 1.807) is 37.3 Å². The summed E-state index contributed by atoms with van der Waals surface area (Å²) in [4.78, 5) is 28.4. The first-order valence-electron chi connectivity index (χ1n) is 14.0. The first-order chi connectivity index (χ1) is 20.4. The lowest BCUT2D eigenvalue weighted by atomic mass is 9.95. The van der Waals surface area contributed by atoms with E-state index in [4.69, 9.17) is 11.6 Å². The van der Waals surface area contributed by atoms with Gasteiger partial charge in [0.1, 0.15) is 12.6 Å². The smallest absolute Gasteiger partial charge is 0.352 e. The highest BCUT2D eigenvalue weighted by Gasteiger charge is 2.35. The molecule has 0 saturated heterocycles. The summed E-state index contributed by atoms with van der Waals surface area (Å²) >= 11 is 6.02. The number of rotatable bonds is 10. The molecule has 7 nitrogen and oxygen atoms in total. The van der Waals surface area contributed by atoms with Crippen molar-refractivity contribution in [3.05, 3.63) is 95.0 Å². The largest absolute Gasteiger partial charge is 0.416 e. The van der Waals surface area contributed by atoms with Gasteiger partial charge in [-0.05, 0) is 67.8 Å². The minimum Gasteiger partial charge on any atom is -0.352 e. The Morgan fingerprint density at radius 3 is 2.23 bits per heavy atom. The average molecular weight is 636 g/mol. The molecule has 12 heteroatoms. The molecule has 0 bridgehead atoms. The van der Waals surface area contributed by atoms with Crippen molar-refractivity contribution in [3.63, 3.8) is 0 Å². The monoisotopic (exact) mass is 635 g/mol. The number of carbonyl (C=O) groups is 2. The Hall–Kier alpha value is -3.57. The molecule has 4 rings (SSSR count). The molecule has 3 aromatic carbocycles. The zero-order valence-electron chi connectivity index (χ0n) is 23.6. The lowest BCUT2D eigenvalue weighted by Crippen LogP contribution is -2.53. The highest BCUT2D eigenvalue weighted by molar-refractivity contribution is 7.92. The van der Waals surface area contributed by atoms with Crippen molar-refractivity contribution in [3.8, 4) is 0 Å². The molecule has 0 aliphatic heterocycles. The van der Waals surface area contributed by atoms with Crippen LogP contribution in [0.5, 0.6) is 0 Å². The van der Waals surface area contributed by atoms with Crippen LogP contribution in [0, 0.1) is 0 Å². The van der Waals surface area contributed by atoms with Crippen molar-refractivity contribution in [1.82, 2.24) is 10.2 Å². The van der Waals surface area contributed by atoms with Gasteiger partial charge in [-0.1, -0.05) is 67.3 Å². The summed E-state index contributed by atoms with van der Waals surface area (Å²) in [5.74, 6) is -1.16. The van der Waals surface area contributed by atoms with Gasteiger partial charge in [-0.15, -0.1) is 0 Å². The molecule has 0 aromatic heterocycles. The Balaban J connectivity index is 1.71. The number of halogens is 4. The fourth-order valence-corrected chi connectivity index (χ4v) is 6.58. The Labute approximate surface area is 254 Å². The van der Waals surface area contributed by atoms with Gasteiger partial charge in [-0.25, -0.2) is 8.42 Å². The Morgan fingerprint density at radius 1 is 0.953 bits per heavy atom. The second-order valence-corrected chi connectivity index (χ2v) is 12.8. The second kappa shape index (κ2) is 13.8. The molecule has 1 atom stereocenters. The average Bonchev–Trinajstić information content (AvgIpc) is 2.99. The maximum atomic E-state index is 14.0. The minimum absolute atomic E-state index is 0.0313. The Bertz CT molecular complexity index is 1510. The van der Waals surface area contributed by atoms with Crippen LogP contribution in [0.25, 0.3) is 0 Å². The van der Waals surface area contributed by atoms with Gasteiger partial charge in [0.25, 0.3) is 10.0 Å². The number of amides is 2. The number of nitrogens with one attached hydrogen (secondary N) is 1. The van der Waals surface area contributed by atoms with Crippen LogP contribution in [-0.4, -0.2) is 43.8 Å². The van der Waals surface area contributed by atoms with Crippen molar-refractivity contribution in [2.24, 2.45) is 0 Å². The number of benzene rings is 3. The van der Waals surface area contributed by atoms with Crippen LogP contribution in [0.2, 0.25) is 5.02 Å². The Kier molecular flexibility index (Phi) is 10.4. The topological polar surface area (TPSA) is 86.8 Å². The highest BCUT2D eigenvalue weighted by atomic mass is 35.5. The number of hydrogen-bond acceptors (Lipinski definition) is 4. The highest BCUT2D eigenvalue weighted by Crippen LogP contribution is 2.33. The van der Waals surface area contributed by atoms with E-state index < -0.39 is 46.2 Å². The lowest BCUT2D eigenvalue weighted by Gasteiger charge is -2.33. The van der Waals surface area contributed by atoms with E-state index in [1.165, 1.54) is 35.2 Å². The molecule has 230 valence electrons. The van der Waals surface area contributed by atoms with Crippen molar-refractivity contribution in [2.75, 3.05) is 10.8 Å². The molecular formula is C31H33ClF3N3O4S.